The summed E-state index contributed by atoms with van der Waals surface area (Å²) in [6.07, 6.45) is -1.02. The molecular weight excluding hydrogens is 276 g/mol. The first-order valence-electron chi connectivity index (χ1n) is 5.74. The average Bonchev–Trinajstić information content (AvgIpc) is 2.35. The third-order valence-corrected chi connectivity index (χ3v) is 4.16. The Morgan fingerprint density at radius 1 is 1.37 bits per heavy atom. The molecule has 7 heteroatoms. The summed E-state index contributed by atoms with van der Waals surface area (Å²) in [4.78, 5) is 12.3. The summed E-state index contributed by atoms with van der Waals surface area (Å²) < 4.78 is 48.6. The number of sulfone groups is 1. The molecule has 1 aliphatic heterocycles. The van der Waals surface area contributed by atoms with E-state index >= 15 is 0 Å². The third-order valence-electron chi connectivity index (χ3n) is 3.03. The number of aryl methyl sites for hydroxylation is 1. The molecule has 0 saturated carbocycles. The zero-order valence-corrected chi connectivity index (χ0v) is 11.1. The third kappa shape index (κ3) is 2.60. The van der Waals surface area contributed by atoms with Gasteiger partial charge in [0.15, 0.2) is 9.84 Å². The number of rotatable bonds is 2. The van der Waals surface area contributed by atoms with Crippen LogP contribution in [-0.4, -0.2) is 33.6 Å². The van der Waals surface area contributed by atoms with Gasteiger partial charge in [0, 0.05) is 12.8 Å². The lowest BCUT2D eigenvalue weighted by Crippen LogP contribution is -2.40. The van der Waals surface area contributed by atoms with E-state index in [2.05, 4.69) is 0 Å². The Morgan fingerprint density at radius 3 is 2.63 bits per heavy atom. The Balaban J connectivity index is 2.62. The Kier molecular flexibility index (Phi) is 3.58. The quantitative estimate of drug-likeness (QED) is 0.831. The number of para-hydroxylation sites is 1. The van der Waals surface area contributed by atoms with Crippen LogP contribution in [0.25, 0.3) is 0 Å². The predicted octanol–water partition coefficient (Wildman–Crippen LogP) is 1.63. The van der Waals surface area contributed by atoms with Crippen molar-refractivity contribution in [2.45, 2.75) is 24.2 Å². The topological polar surface area (TPSA) is 54.5 Å². The maximum absolute atomic E-state index is 12.6. The Morgan fingerprint density at radius 2 is 2.05 bits per heavy atom. The van der Waals surface area contributed by atoms with Crippen LogP contribution < -0.4 is 4.90 Å². The van der Waals surface area contributed by atoms with Crippen molar-refractivity contribution in [1.29, 1.82) is 0 Å². The highest BCUT2D eigenvalue weighted by molar-refractivity contribution is 7.90. The second-order valence-corrected chi connectivity index (χ2v) is 6.41. The molecule has 0 N–H and O–H groups in total. The van der Waals surface area contributed by atoms with Crippen LogP contribution in [0.4, 0.5) is 14.5 Å². The first kappa shape index (κ1) is 13.9. The van der Waals surface area contributed by atoms with E-state index in [1.54, 1.807) is 12.1 Å². The molecule has 1 aromatic rings. The van der Waals surface area contributed by atoms with Gasteiger partial charge in [-0.05, 0) is 24.5 Å². The van der Waals surface area contributed by atoms with Crippen LogP contribution >= 0.6 is 0 Å². The van der Waals surface area contributed by atoms with Gasteiger partial charge in [-0.25, -0.2) is 8.42 Å². The van der Waals surface area contributed by atoms with E-state index in [4.69, 9.17) is 0 Å². The molecule has 0 spiro atoms. The number of amides is 1. The molecule has 0 aliphatic carbocycles. The van der Waals surface area contributed by atoms with Crippen LogP contribution in [0.15, 0.2) is 23.1 Å². The van der Waals surface area contributed by atoms with Gasteiger partial charge >= 0.3 is 6.43 Å². The lowest BCUT2D eigenvalue weighted by atomic mass is 10.0. The van der Waals surface area contributed by atoms with Gasteiger partial charge < -0.3 is 4.90 Å². The highest BCUT2D eigenvalue weighted by atomic mass is 32.2. The van der Waals surface area contributed by atoms with Crippen molar-refractivity contribution in [2.24, 2.45) is 0 Å². The number of alkyl halides is 2. The number of nitrogens with zero attached hydrogens (tertiary/aromatic N) is 1. The van der Waals surface area contributed by atoms with Gasteiger partial charge in [0.1, 0.15) is 0 Å². The molecule has 19 heavy (non-hydrogen) atoms. The number of halogens is 2. The zero-order valence-electron chi connectivity index (χ0n) is 10.3. The van der Waals surface area contributed by atoms with Crippen molar-refractivity contribution in [2.75, 3.05) is 17.7 Å². The lowest BCUT2D eigenvalue weighted by Gasteiger charge is -2.30. The Bertz CT molecular complexity index is 613. The second kappa shape index (κ2) is 4.88. The minimum atomic E-state index is -3.58. The predicted molar refractivity (Wildman–Crippen MR) is 66.2 cm³/mol. The van der Waals surface area contributed by atoms with E-state index < -0.39 is 22.2 Å². The number of hydrogen-bond donors (Lipinski definition) is 0. The number of benzene rings is 1. The first-order valence-corrected chi connectivity index (χ1v) is 7.63. The van der Waals surface area contributed by atoms with E-state index in [1.165, 1.54) is 6.07 Å². The number of hydrogen-bond acceptors (Lipinski definition) is 3. The van der Waals surface area contributed by atoms with E-state index in [1.807, 2.05) is 0 Å². The standard InChI is InChI=1S/C12H13F2NO3S/c1-19(17,18)9-6-2-4-8-5-3-7-15(10(8)9)12(16)11(13)14/h2,4,6,11H,3,5,7H2,1H3. The maximum Gasteiger partial charge on any atom is 0.316 e. The van der Waals surface area contributed by atoms with E-state index in [9.17, 15) is 22.0 Å². The van der Waals surface area contributed by atoms with Gasteiger partial charge in [-0.3, -0.25) is 4.79 Å². The summed E-state index contributed by atoms with van der Waals surface area (Å²) in [5.41, 5.74) is 0.727. The van der Waals surface area contributed by atoms with E-state index in [0.29, 0.717) is 18.4 Å². The molecule has 1 heterocycles. The van der Waals surface area contributed by atoms with Gasteiger partial charge in [-0.15, -0.1) is 0 Å². The van der Waals surface area contributed by atoms with Gasteiger partial charge in [-0.2, -0.15) is 8.78 Å². The van der Waals surface area contributed by atoms with Crippen LogP contribution in [-0.2, 0) is 21.1 Å². The van der Waals surface area contributed by atoms with Crippen LogP contribution in [0.3, 0.4) is 0 Å². The SMILES string of the molecule is CS(=O)(=O)c1cccc2c1N(C(=O)C(F)F)CCC2. The van der Waals surface area contributed by atoms with Gasteiger partial charge in [-0.1, -0.05) is 12.1 Å². The highest BCUT2D eigenvalue weighted by Crippen LogP contribution is 2.34. The summed E-state index contributed by atoms with van der Waals surface area (Å²) >= 11 is 0. The van der Waals surface area contributed by atoms with Crippen molar-refractivity contribution in [3.05, 3.63) is 23.8 Å². The molecule has 0 bridgehead atoms. The summed E-state index contributed by atoms with van der Waals surface area (Å²) in [5.74, 6) is -1.35. The molecule has 0 atom stereocenters. The summed E-state index contributed by atoms with van der Waals surface area (Å²) in [7, 11) is -3.58. The molecule has 0 aromatic heterocycles. The molecule has 0 radical (unpaired) electrons. The molecule has 1 amide bonds. The molecular formula is C12H13F2NO3S. The fourth-order valence-corrected chi connectivity index (χ4v) is 3.17. The van der Waals surface area contributed by atoms with Crippen molar-refractivity contribution < 1.29 is 22.0 Å². The van der Waals surface area contributed by atoms with Crippen molar-refractivity contribution in [3.63, 3.8) is 0 Å². The smallest absolute Gasteiger partial charge is 0.306 e. The van der Waals surface area contributed by atoms with Crippen molar-refractivity contribution in [1.82, 2.24) is 0 Å². The molecule has 1 aliphatic rings. The summed E-state index contributed by atoms with van der Waals surface area (Å²) in [6, 6.07) is 4.56. The Hall–Kier alpha value is -1.50. The highest BCUT2D eigenvalue weighted by Gasteiger charge is 2.32. The summed E-state index contributed by atoms with van der Waals surface area (Å²) in [5, 5.41) is 0. The average molecular weight is 289 g/mol. The van der Waals surface area contributed by atoms with Gasteiger partial charge in [0.25, 0.3) is 5.91 Å². The maximum atomic E-state index is 12.6. The molecule has 2 rings (SSSR count). The lowest BCUT2D eigenvalue weighted by molar-refractivity contribution is -0.129. The first-order chi connectivity index (χ1) is 8.82. The van der Waals surface area contributed by atoms with Gasteiger partial charge in [0.05, 0.1) is 10.6 Å². The van der Waals surface area contributed by atoms with Crippen molar-refractivity contribution in [3.8, 4) is 0 Å². The molecule has 4 nitrogen and oxygen atoms in total. The van der Waals surface area contributed by atoms with E-state index in [-0.39, 0.29) is 17.1 Å². The molecule has 0 unspecified atom stereocenters. The molecule has 1 aromatic carbocycles. The van der Waals surface area contributed by atoms with Crippen LogP contribution in [0.2, 0.25) is 0 Å². The molecule has 104 valence electrons. The molecule has 0 fully saturated rings. The largest absolute Gasteiger partial charge is 0.316 e. The fraction of sp³-hybridized carbons (Fsp3) is 0.417. The van der Waals surface area contributed by atoms with Crippen molar-refractivity contribution >= 4 is 21.4 Å². The van der Waals surface area contributed by atoms with E-state index in [0.717, 1.165) is 11.2 Å². The monoisotopic (exact) mass is 289 g/mol. The van der Waals surface area contributed by atoms with Gasteiger partial charge in [0.2, 0.25) is 0 Å². The van der Waals surface area contributed by atoms with Crippen LogP contribution in [0, 0.1) is 0 Å². The zero-order chi connectivity index (χ0) is 14.2. The second-order valence-electron chi connectivity index (χ2n) is 4.43. The minimum Gasteiger partial charge on any atom is -0.306 e. The Labute approximate surface area is 109 Å². The normalized spacial score (nSPS) is 15.5. The molecule has 0 saturated heterocycles. The summed E-state index contributed by atoms with van der Waals surface area (Å²) in [6.45, 7) is 0.114. The van der Waals surface area contributed by atoms with Crippen LogP contribution in [0.1, 0.15) is 12.0 Å². The van der Waals surface area contributed by atoms with Crippen LogP contribution in [0.5, 0.6) is 0 Å². The fourth-order valence-electron chi connectivity index (χ4n) is 2.25. The number of anilines is 1. The number of carbonyl (C=O) groups is 1. The number of carbonyl (C=O) groups excluding carboxylic acids is 1. The minimum absolute atomic E-state index is 0.0706. The number of fused-ring (bicyclic) bond motifs is 1.